The number of hydrogen-bond acceptors (Lipinski definition) is 4. The van der Waals surface area contributed by atoms with E-state index in [1.165, 1.54) is 19.1 Å². The first kappa shape index (κ1) is 14.2. The zero-order chi connectivity index (χ0) is 13.2. The fourth-order valence-corrected chi connectivity index (χ4v) is 3.54. The Balaban J connectivity index is 3.56. The highest BCUT2D eigenvalue weighted by Gasteiger charge is 2.32. The maximum atomic E-state index is 12.0. The second-order valence-electron chi connectivity index (χ2n) is 3.36. The van der Waals surface area contributed by atoms with Crippen LogP contribution in [0.2, 0.25) is 5.02 Å². The Morgan fingerprint density at radius 1 is 1.47 bits per heavy atom. The molecular formula is C9H9Cl2NO4S. The van der Waals surface area contributed by atoms with Gasteiger partial charge >= 0.3 is 0 Å². The average Bonchev–Trinajstić information content (AvgIpc) is 2.26. The number of alkyl halides is 1. The number of hydrogen-bond donors (Lipinski definition) is 0. The van der Waals surface area contributed by atoms with Crippen molar-refractivity contribution < 1.29 is 13.3 Å². The molecule has 1 aromatic rings. The van der Waals surface area contributed by atoms with Crippen LogP contribution in [0.4, 0.5) is 5.69 Å². The molecular weight excluding hydrogens is 289 g/mol. The maximum Gasteiger partial charge on any atom is 0.289 e. The lowest BCUT2D eigenvalue weighted by Crippen LogP contribution is -2.21. The minimum absolute atomic E-state index is 0.162. The van der Waals surface area contributed by atoms with Crippen LogP contribution in [-0.4, -0.2) is 24.5 Å². The number of benzene rings is 1. The van der Waals surface area contributed by atoms with E-state index in [0.717, 1.165) is 6.07 Å². The van der Waals surface area contributed by atoms with Crippen molar-refractivity contribution in [1.29, 1.82) is 0 Å². The number of nitro groups is 1. The highest BCUT2D eigenvalue weighted by molar-refractivity contribution is 7.92. The Hall–Kier alpha value is -0.850. The summed E-state index contributed by atoms with van der Waals surface area (Å²) in [6.07, 6.45) is 0. The molecule has 0 aliphatic carbocycles. The Bertz CT molecular complexity index is 544. The Kier molecular flexibility index (Phi) is 4.35. The summed E-state index contributed by atoms with van der Waals surface area (Å²) in [5.74, 6) is -0.162. The number of sulfone groups is 1. The molecule has 0 amide bonds. The van der Waals surface area contributed by atoms with Crippen LogP contribution in [0.15, 0.2) is 23.1 Å². The maximum absolute atomic E-state index is 12.0. The third-order valence-electron chi connectivity index (χ3n) is 2.17. The molecule has 0 saturated heterocycles. The number of nitrogens with zero attached hydrogens (tertiary/aromatic N) is 1. The van der Waals surface area contributed by atoms with Gasteiger partial charge in [0.25, 0.3) is 5.69 Å². The normalized spacial score (nSPS) is 13.4. The van der Waals surface area contributed by atoms with Gasteiger partial charge in [0.05, 0.1) is 15.2 Å². The first-order valence-corrected chi connectivity index (χ1v) is 7.01. The van der Waals surface area contributed by atoms with Gasteiger partial charge in [-0.1, -0.05) is 17.7 Å². The van der Waals surface area contributed by atoms with Crippen molar-refractivity contribution in [2.45, 2.75) is 17.1 Å². The second kappa shape index (κ2) is 5.20. The van der Waals surface area contributed by atoms with Gasteiger partial charge in [-0.3, -0.25) is 10.1 Å². The Labute approximate surface area is 108 Å². The summed E-state index contributed by atoms with van der Waals surface area (Å²) in [6, 6.07) is 3.72. The molecule has 8 heteroatoms. The fraction of sp³-hybridized carbons (Fsp3) is 0.333. The minimum Gasteiger partial charge on any atom is -0.258 e. The Morgan fingerprint density at radius 2 is 2.06 bits per heavy atom. The number of halogens is 2. The summed E-state index contributed by atoms with van der Waals surface area (Å²) in [6.45, 7) is 1.37. The molecule has 0 N–H and O–H groups in total. The molecule has 0 aromatic heterocycles. The largest absolute Gasteiger partial charge is 0.289 e. The lowest BCUT2D eigenvalue weighted by atomic mass is 10.3. The van der Waals surface area contributed by atoms with Crippen molar-refractivity contribution in [3.8, 4) is 0 Å². The van der Waals surface area contributed by atoms with E-state index in [0.29, 0.717) is 0 Å². The van der Waals surface area contributed by atoms with E-state index in [4.69, 9.17) is 23.2 Å². The van der Waals surface area contributed by atoms with Gasteiger partial charge in [0, 0.05) is 11.9 Å². The van der Waals surface area contributed by atoms with Crippen LogP contribution in [0.1, 0.15) is 6.92 Å². The predicted octanol–water partition coefficient (Wildman–Crippen LogP) is 2.65. The smallest absolute Gasteiger partial charge is 0.258 e. The van der Waals surface area contributed by atoms with Crippen molar-refractivity contribution in [3.63, 3.8) is 0 Å². The summed E-state index contributed by atoms with van der Waals surface area (Å²) in [5.41, 5.74) is -0.533. The molecule has 0 aliphatic rings. The third-order valence-corrected chi connectivity index (χ3v) is 5.47. The van der Waals surface area contributed by atoms with Crippen molar-refractivity contribution in [1.82, 2.24) is 0 Å². The molecule has 0 spiro atoms. The molecule has 5 nitrogen and oxygen atoms in total. The second-order valence-corrected chi connectivity index (χ2v) is 6.37. The van der Waals surface area contributed by atoms with Gasteiger partial charge in [-0.05, 0) is 13.0 Å². The highest BCUT2D eigenvalue weighted by Crippen LogP contribution is 2.33. The third kappa shape index (κ3) is 2.70. The summed E-state index contributed by atoms with van der Waals surface area (Å²) in [7, 11) is -3.90. The standard InChI is InChI=1S/C9H9Cl2NO4S/c1-6(5-10)17(15,16)9-7(11)3-2-4-8(9)12(13)14/h2-4,6H,5H2,1H3. The molecule has 17 heavy (non-hydrogen) atoms. The van der Waals surface area contributed by atoms with Crippen LogP contribution in [0.25, 0.3) is 0 Å². The summed E-state index contributed by atoms with van der Waals surface area (Å²) < 4.78 is 24.1. The van der Waals surface area contributed by atoms with Crippen molar-refractivity contribution in [2.75, 3.05) is 5.88 Å². The van der Waals surface area contributed by atoms with E-state index >= 15 is 0 Å². The van der Waals surface area contributed by atoms with Crippen molar-refractivity contribution >= 4 is 38.7 Å². The summed E-state index contributed by atoms with van der Waals surface area (Å²) in [5, 5.41) is 9.67. The molecule has 1 rings (SSSR count). The summed E-state index contributed by atoms with van der Waals surface area (Å²) >= 11 is 11.2. The van der Waals surface area contributed by atoms with E-state index in [1.807, 2.05) is 0 Å². The molecule has 1 aromatic carbocycles. The van der Waals surface area contributed by atoms with E-state index in [9.17, 15) is 18.5 Å². The molecule has 0 saturated carbocycles. The zero-order valence-corrected chi connectivity index (χ0v) is 11.1. The monoisotopic (exact) mass is 297 g/mol. The predicted molar refractivity (Wildman–Crippen MR) is 65.5 cm³/mol. The molecule has 1 unspecified atom stereocenters. The lowest BCUT2D eigenvalue weighted by molar-refractivity contribution is -0.387. The first-order chi connectivity index (χ1) is 7.82. The van der Waals surface area contributed by atoms with Gasteiger partial charge in [-0.2, -0.15) is 0 Å². The minimum atomic E-state index is -3.90. The van der Waals surface area contributed by atoms with Gasteiger partial charge in [-0.15, -0.1) is 11.6 Å². The highest BCUT2D eigenvalue weighted by atomic mass is 35.5. The van der Waals surface area contributed by atoms with Crippen LogP contribution < -0.4 is 0 Å². The number of rotatable bonds is 4. The average molecular weight is 298 g/mol. The van der Waals surface area contributed by atoms with Crippen LogP contribution >= 0.6 is 23.2 Å². The fourth-order valence-electron chi connectivity index (χ4n) is 1.21. The molecule has 0 radical (unpaired) electrons. The molecule has 94 valence electrons. The molecule has 0 bridgehead atoms. The molecule has 1 atom stereocenters. The topological polar surface area (TPSA) is 77.3 Å². The van der Waals surface area contributed by atoms with Crippen molar-refractivity contribution in [3.05, 3.63) is 33.3 Å². The lowest BCUT2D eigenvalue weighted by Gasteiger charge is -2.11. The first-order valence-electron chi connectivity index (χ1n) is 4.55. The van der Waals surface area contributed by atoms with Crippen LogP contribution in [0.3, 0.4) is 0 Å². The number of nitro benzene ring substituents is 1. The van der Waals surface area contributed by atoms with Crippen LogP contribution in [0.5, 0.6) is 0 Å². The van der Waals surface area contributed by atoms with Gasteiger partial charge in [-0.25, -0.2) is 8.42 Å². The quantitative estimate of drug-likeness (QED) is 0.486. The van der Waals surface area contributed by atoms with Crippen molar-refractivity contribution in [2.24, 2.45) is 0 Å². The van der Waals surface area contributed by atoms with Gasteiger partial charge < -0.3 is 0 Å². The molecule has 0 heterocycles. The van der Waals surface area contributed by atoms with Gasteiger partial charge in [0.2, 0.25) is 0 Å². The molecule has 0 fully saturated rings. The SMILES string of the molecule is CC(CCl)S(=O)(=O)c1c(Cl)cccc1[N+](=O)[O-]. The molecule has 0 aliphatic heterocycles. The zero-order valence-electron chi connectivity index (χ0n) is 8.76. The van der Waals surface area contributed by atoms with Crippen LogP contribution in [0, 0.1) is 10.1 Å². The van der Waals surface area contributed by atoms with E-state index in [-0.39, 0.29) is 10.9 Å². The van der Waals surface area contributed by atoms with Gasteiger partial charge in [0.1, 0.15) is 0 Å². The van der Waals surface area contributed by atoms with E-state index in [1.54, 1.807) is 0 Å². The Morgan fingerprint density at radius 3 is 2.53 bits per heavy atom. The van der Waals surface area contributed by atoms with E-state index in [2.05, 4.69) is 0 Å². The van der Waals surface area contributed by atoms with Gasteiger partial charge in [0.15, 0.2) is 14.7 Å². The summed E-state index contributed by atoms with van der Waals surface area (Å²) in [4.78, 5) is 9.53. The van der Waals surface area contributed by atoms with E-state index < -0.39 is 30.6 Å². The van der Waals surface area contributed by atoms with Crippen LogP contribution in [-0.2, 0) is 9.84 Å².